The zero-order valence-electron chi connectivity index (χ0n) is 15.5. The Morgan fingerprint density at radius 3 is 2.50 bits per heavy atom. The average Bonchev–Trinajstić information content (AvgIpc) is 3.13. The molecule has 1 fully saturated rings. The third kappa shape index (κ3) is 3.80. The Labute approximate surface area is 190 Å². The van der Waals surface area contributed by atoms with Gasteiger partial charge < -0.3 is 10.0 Å². The molecule has 0 aliphatic carbocycles. The number of hydrogen-bond donors (Lipinski definition) is 1. The highest BCUT2D eigenvalue weighted by Crippen LogP contribution is 2.45. The number of carbonyl (C=O) groups excluding carboxylic acids is 2. The molecular weight excluding hydrogens is 488 g/mol. The Hall–Kier alpha value is -2.49. The quantitative estimate of drug-likeness (QED) is 0.490. The van der Waals surface area contributed by atoms with Gasteiger partial charge in [0.15, 0.2) is 0 Å². The van der Waals surface area contributed by atoms with E-state index >= 15 is 0 Å². The van der Waals surface area contributed by atoms with Gasteiger partial charge in [-0.25, -0.2) is 0 Å². The van der Waals surface area contributed by atoms with E-state index in [0.29, 0.717) is 17.7 Å². The SMILES string of the molecule is O=C(O)CCN1C(=O)/C(=C2\C(=O)N(Cc3ccccc3)c3ccc(Br)cc32)SC1=S. The molecule has 0 aromatic heterocycles. The molecule has 2 aromatic rings. The zero-order chi connectivity index (χ0) is 21.4. The number of amides is 2. The van der Waals surface area contributed by atoms with Crippen LogP contribution in [0.25, 0.3) is 5.57 Å². The maximum atomic E-state index is 13.4. The summed E-state index contributed by atoms with van der Waals surface area (Å²) in [4.78, 5) is 40.5. The van der Waals surface area contributed by atoms with Crippen LogP contribution in [-0.4, -0.2) is 38.7 Å². The summed E-state index contributed by atoms with van der Waals surface area (Å²) in [7, 11) is 0. The Morgan fingerprint density at radius 1 is 1.07 bits per heavy atom. The molecule has 2 aliphatic heterocycles. The Bertz CT molecular complexity index is 1120. The van der Waals surface area contributed by atoms with Crippen molar-refractivity contribution >= 4 is 73.3 Å². The maximum Gasteiger partial charge on any atom is 0.305 e. The van der Waals surface area contributed by atoms with Crippen LogP contribution in [0.1, 0.15) is 17.5 Å². The molecule has 2 amide bonds. The van der Waals surface area contributed by atoms with Crippen LogP contribution in [-0.2, 0) is 20.9 Å². The molecule has 152 valence electrons. The van der Waals surface area contributed by atoms with Crippen molar-refractivity contribution in [2.45, 2.75) is 13.0 Å². The number of hydrogen-bond acceptors (Lipinski definition) is 5. The van der Waals surface area contributed by atoms with E-state index in [-0.39, 0.29) is 28.1 Å². The first-order valence-electron chi connectivity index (χ1n) is 9.02. The van der Waals surface area contributed by atoms with E-state index in [1.165, 1.54) is 4.90 Å². The highest BCUT2D eigenvalue weighted by molar-refractivity contribution is 9.10. The highest BCUT2D eigenvalue weighted by atomic mass is 79.9. The van der Waals surface area contributed by atoms with Crippen LogP contribution >= 0.6 is 39.9 Å². The summed E-state index contributed by atoms with van der Waals surface area (Å²) in [6, 6.07) is 15.1. The monoisotopic (exact) mass is 502 g/mol. The topological polar surface area (TPSA) is 77.9 Å². The van der Waals surface area contributed by atoms with E-state index in [9.17, 15) is 14.4 Å². The van der Waals surface area contributed by atoms with Gasteiger partial charge in [-0.2, -0.15) is 0 Å². The second kappa shape index (κ2) is 8.33. The molecule has 0 bridgehead atoms. The van der Waals surface area contributed by atoms with Crippen molar-refractivity contribution in [2.75, 3.05) is 11.4 Å². The van der Waals surface area contributed by atoms with Crippen molar-refractivity contribution in [1.82, 2.24) is 4.90 Å². The Morgan fingerprint density at radius 2 is 1.80 bits per heavy atom. The number of benzene rings is 2. The summed E-state index contributed by atoms with van der Waals surface area (Å²) in [5.74, 6) is -1.72. The number of thiocarbonyl (C=S) groups is 1. The summed E-state index contributed by atoms with van der Waals surface area (Å²) in [5, 5.41) is 8.94. The summed E-state index contributed by atoms with van der Waals surface area (Å²) in [6.07, 6.45) is -0.217. The van der Waals surface area contributed by atoms with Gasteiger partial charge in [-0.15, -0.1) is 0 Å². The Balaban J connectivity index is 1.76. The van der Waals surface area contributed by atoms with Gasteiger partial charge in [-0.1, -0.05) is 70.2 Å². The minimum atomic E-state index is -1.02. The third-order valence-electron chi connectivity index (χ3n) is 4.79. The van der Waals surface area contributed by atoms with Crippen LogP contribution in [0.5, 0.6) is 0 Å². The fourth-order valence-electron chi connectivity index (χ4n) is 3.40. The molecule has 0 atom stereocenters. The van der Waals surface area contributed by atoms with Crippen LogP contribution in [0, 0.1) is 0 Å². The smallest absolute Gasteiger partial charge is 0.305 e. The highest BCUT2D eigenvalue weighted by Gasteiger charge is 2.42. The molecule has 2 aromatic carbocycles. The molecule has 4 rings (SSSR count). The molecule has 1 N–H and O–H groups in total. The molecular formula is C21H15BrN2O4S2. The first kappa shape index (κ1) is 20.8. The number of carboxylic acid groups (broad SMARTS) is 1. The van der Waals surface area contributed by atoms with E-state index in [0.717, 1.165) is 27.5 Å². The van der Waals surface area contributed by atoms with Crippen LogP contribution < -0.4 is 4.90 Å². The summed E-state index contributed by atoms with van der Waals surface area (Å²) >= 11 is 9.77. The third-order valence-corrected chi connectivity index (χ3v) is 6.73. The Kier molecular flexibility index (Phi) is 5.77. The van der Waals surface area contributed by atoms with E-state index in [1.807, 2.05) is 48.5 Å². The summed E-state index contributed by atoms with van der Waals surface area (Å²) in [6.45, 7) is 0.348. The van der Waals surface area contributed by atoms with Gasteiger partial charge in [0.05, 0.1) is 29.1 Å². The lowest BCUT2D eigenvalue weighted by molar-refractivity contribution is -0.137. The lowest BCUT2D eigenvalue weighted by Crippen LogP contribution is -2.31. The minimum absolute atomic E-state index is 0.0238. The van der Waals surface area contributed by atoms with Crippen LogP contribution in [0.4, 0.5) is 5.69 Å². The van der Waals surface area contributed by atoms with Gasteiger partial charge in [0, 0.05) is 16.6 Å². The number of aliphatic carboxylic acids is 1. The van der Waals surface area contributed by atoms with E-state index < -0.39 is 11.9 Å². The van der Waals surface area contributed by atoms with Crippen LogP contribution in [0.2, 0.25) is 0 Å². The maximum absolute atomic E-state index is 13.4. The molecule has 1 saturated heterocycles. The van der Waals surface area contributed by atoms with Crippen molar-refractivity contribution in [3.8, 4) is 0 Å². The van der Waals surface area contributed by atoms with Gasteiger partial charge in [0.2, 0.25) is 0 Å². The van der Waals surface area contributed by atoms with Gasteiger partial charge in [-0.3, -0.25) is 19.3 Å². The van der Waals surface area contributed by atoms with Crippen molar-refractivity contribution in [1.29, 1.82) is 0 Å². The fourth-order valence-corrected chi connectivity index (χ4v) is 5.14. The number of nitrogens with zero attached hydrogens (tertiary/aromatic N) is 2. The average molecular weight is 503 g/mol. The molecule has 0 saturated carbocycles. The molecule has 6 nitrogen and oxygen atoms in total. The second-order valence-corrected chi connectivity index (χ2v) is 9.27. The van der Waals surface area contributed by atoms with E-state index in [1.54, 1.807) is 4.90 Å². The van der Waals surface area contributed by atoms with Crippen molar-refractivity contribution in [3.05, 3.63) is 69.0 Å². The number of halogens is 1. The van der Waals surface area contributed by atoms with Gasteiger partial charge >= 0.3 is 5.97 Å². The molecule has 2 heterocycles. The van der Waals surface area contributed by atoms with Crippen molar-refractivity contribution < 1.29 is 19.5 Å². The summed E-state index contributed by atoms with van der Waals surface area (Å²) in [5.41, 5.74) is 2.65. The summed E-state index contributed by atoms with van der Waals surface area (Å²) < 4.78 is 1.05. The number of anilines is 1. The number of thioether (sulfide) groups is 1. The lowest BCUT2D eigenvalue weighted by atomic mass is 10.1. The molecule has 30 heavy (non-hydrogen) atoms. The number of rotatable bonds is 5. The van der Waals surface area contributed by atoms with Gasteiger partial charge in [-0.05, 0) is 23.8 Å². The molecule has 0 spiro atoms. The fraction of sp³-hybridized carbons (Fsp3) is 0.143. The normalized spacial score (nSPS) is 18.4. The predicted octanol–water partition coefficient (Wildman–Crippen LogP) is 4.04. The standard InChI is InChI=1S/C21H15BrN2O4S2/c22-13-6-7-15-14(10-13)17(19(27)24(15)11-12-4-2-1-3-5-12)18-20(28)23(21(29)30-18)9-8-16(25)26/h1-7,10H,8-9,11H2,(H,25,26)/b18-17+. The molecule has 0 unspecified atom stereocenters. The number of carbonyl (C=O) groups is 3. The van der Waals surface area contributed by atoms with Crippen molar-refractivity contribution in [3.63, 3.8) is 0 Å². The van der Waals surface area contributed by atoms with Gasteiger partial charge in [0.1, 0.15) is 4.32 Å². The first-order chi connectivity index (χ1) is 14.4. The predicted molar refractivity (Wildman–Crippen MR) is 123 cm³/mol. The largest absolute Gasteiger partial charge is 0.481 e. The zero-order valence-corrected chi connectivity index (χ0v) is 18.7. The molecule has 9 heteroatoms. The van der Waals surface area contributed by atoms with E-state index in [2.05, 4.69) is 15.9 Å². The van der Waals surface area contributed by atoms with Crippen LogP contribution in [0.3, 0.4) is 0 Å². The van der Waals surface area contributed by atoms with E-state index in [4.69, 9.17) is 17.3 Å². The van der Waals surface area contributed by atoms with Gasteiger partial charge in [0.25, 0.3) is 11.8 Å². The molecule has 0 radical (unpaired) electrons. The van der Waals surface area contributed by atoms with Crippen LogP contribution in [0.15, 0.2) is 57.9 Å². The number of carboxylic acids is 1. The van der Waals surface area contributed by atoms with Crippen molar-refractivity contribution in [2.24, 2.45) is 0 Å². The minimum Gasteiger partial charge on any atom is -0.481 e. The lowest BCUT2D eigenvalue weighted by Gasteiger charge is -2.17. The first-order valence-corrected chi connectivity index (χ1v) is 11.0. The molecule has 2 aliphatic rings. The second-order valence-electron chi connectivity index (χ2n) is 6.71. The number of fused-ring (bicyclic) bond motifs is 1.